The van der Waals surface area contributed by atoms with E-state index >= 15 is 0 Å². The summed E-state index contributed by atoms with van der Waals surface area (Å²) in [5, 5.41) is 26.1. The number of hydrogen-bond donors (Lipinski definition) is 4. The molecule has 0 spiro atoms. The number of phenols is 1. The van der Waals surface area contributed by atoms with Crippen molar-refractivity contribution in [1.29, 1.82) is 5.26 Å². The number of H-pyrrole nitrogens is 1. The molecule has 4 aromatic carbocycles. The first-order valence-electron chi connectivity index (χ1n) is 22.4. The molecule has 2 aliphatic rings. The van der Waals surface area contributed by atoms with E-state index in [9.17, 15) is 24.1 Å². The zero-order chi connectivity index (χ0) is 51.1. The minimum absolute atomic E-state index is 0.00882. The lowest BCUT2D eigenvalue weighted by Crippen LogP contribution is -2.36. The number of aromatic hydroxyl groups is 1. The predicted molar refractivity (Wildman–Crippen MR) is 268 cm³/mol. The number of aromatic amines is 1. The van der Waals surface area contributed by atoms with Gasteiger partial charge in [0, 0.05) is 35.2 Å². The Hall–Kier alpha value is -6.51. The van der Waals surface area contributed by atoms with Crippen molar-refractivity contribution < 1.29 is 52.1 Å². The third kappa shape index (κ3) is 14.1. The van der Waals surface area contributed by atoms with Gasteiger partial charge < -0.3 is 43.0 Å². The van der Waals surface area contributed by atoms with Crippen molar-refractivity contribution in [3.05, 3.63) is 175 Å². The van der Waals surface area contributed by atoms with Gasteiger partial charge in [0.15, 0.2) is 5.69 Å². The van der Waals surface area contributed by atoms with Crippen molar-refractivity contribution in [3.8, 4) is 29.0 Å². The summed E-state index contributed by atoms with van der Waals surface area (Å²) in [6.07, 6.45) is 5.00. The highest BCUT2D eigenvalue weighted by Gasteiger charge is 2.40. The Morgan fingerprint density at radius 3 is 2.21 bits per heavy atom. The molecule has 2 aliphatic heterocycles. The van der Waals surface area contributed by atoms with Gasteiger partial charge in [-0.05, 0) is 78.4 Å². The monoisotopic (exact) mass is 1040 g/mol. The normalized spacial score (nSPS) is 16.7. The second kappa shape index (κ2) is 25.2. The summed E-state index contributed by atoms with van der Waals surface area (Å²) >= 11 is 0. The molecule has 2 fully saturated rings. The molecule has 9 rings (SSSR count). The summed E-state index contributed by atoms with van der Waals surface area (Å²) in [4.78, 5) is 54.3. The molecule has 5 heterocycles. The van der Waals surface area contributed by atoms with Crippen LogP contribution in [0.4, 0.5) is 0 Å². The van der Waals surface area contributed by atoms with E-state index in [2.05, 4.69) is 19.8 Å². The number of phosphoric ester groups is 1. The van der Waals surface area contributed by atoms with Gasteiger partial charge in [0.2, 0.25) is 0 Å². The highest BCUT2D eigenvalue weighted by Crippen LogP contribution is 2.43. The summed E-state index contributed by atoms with van der Waals surface area (Å²) in [5.41, 5.74) is 1.66. The molecular weight excluding hydrogens is 992 g/mol. The largest absolute Gasteiger partial charge is 0.508 e. The average Bonchev–Trinajstić information content (AvgIpc) is 4.07. The van der Waals surface area contributed by atoms with Crippen LogP contribution >= 0.6 is 29.4 Å². The van der Waals surface area contributed by atoms with Gasteiger partial charge in [-0.3, -0.25) is 18.9 Å². The Kier molecular flexibility index (Phi) is 18.7. The fourth-order valence-electron chi connectivity index (χ4n) is 7.68. The number of nitrogens with zero attached hydrogens (tertiary/aromatic N) is 5. The number of methoxy groups -OCH3 is 2. The highest BCUT2D eigenvalue weighted by molar-refractivity contribution is 8.76. The number of phenolic OH excluding ortho intramolecular Hbond substituents is 1. The number of aromatic nitrogens is 5. The van der Waals surface area contributed by atoms with Crippen LogP contribution in [0.3, 0.4) is 0 Å². The minimum Gasteiger partial charge on any atom is -0.508 e. The van der Waals surface area contributed by atoms with Crippen LogP contribution in [0.25, 0.3) is 16.7 Å². The molecule has 0 aliphatic carbocycles. The quantitative estimate of drug-likeness (QED) is 0.0249. The van der Waals surface area contributed by atoms with E-state index in [4.69, 9.17) is 43.2 Å². The Morgan fingerprint density at radius 1 is 0.889 bits per heavy atom. The molecule has 7 aromatic rings. The SMILES string of the molecule is COc1ccc(C(OC[C@@H]2CC[C@H](n3ccc(=O)[nH]c3=O)O2)(c2ccccc2)c2ccc(OC)cc2)cc1.N#CCCOP(=O)(O)O.O=c1oc2cc(O)ccc2cc1-n1cc(CO[C@H]2CCSSC2)nn1. The molecule has 378 valence electrons. The van der Waals surface area contributed by atoms with Crippen LogP contribution in [-0.4, -0.2) is 90.6 Å². The fourth-order valence-corrected chi connectivity index (χ4v) is 10.4. The fraction of sp³-hybridized carbons (Fsp3) is 0.306. The smallest absolute Gasteiger partial charge is 0.469 e. The minimum atomic E-state index is -4.35. The number of phosphoric acid groups is 1. The van der Waals surface area contributed by atoms with Crippen molar-refractivity contribution in [2.24, 2.45) is 0 Å². The maximum absolute atomic E-state index is 12.3. The van der Waals surface area contributed by atoms with Gasteiger partial charge in [-0.25, -0.2) is 18.8 Å². The molecule has 0 unspecified atom stereocenters. The van der Waals surface area contributed by atoms with Gasteiger partial charge >= 0.3 is 19.1 Å². The second-order valence-electron chi connectivity index (χ2n) is 16.0. The number of fused-ring (bicyclic) bond motifs is 1. The highest BCUT2D eigenvalue weighted by atomic mass is 33.1. The number of benzene rings is 4. The molecule has 2 saturated heterocycles. The first-order valence-corrected chi connectivity index (χ1v) is 26.4. The van der Waals surface area contributed by atoms with E-state index in [1.54, 1.807) is 38.6 Å². The molecule has 0 amide bonds. The van der Waals surface area contributed by atoms with E-state index in [0.29, 0.717) is 36.1 Å². The van der Waals surface area contributed by atoms with Gasteiger partial charge in [-0.15, -0.1) is 5.10 Å². The van der Waals surface area contributed by atoms with Gasteiger partial charge in [0.25, 0.3) is 5.56 Å². The third-order valence-corrected chi connectivity index (χ3v) is 14.2. The van der Waals surface area contributed by atoms with Crippen molar-refractivity contribution in [2.75, 3.05) is 38.9 Å². The molecule has 0 bridgehead atoms. The van der Waals surface area contributed by atoms with Crippen LogP contribution in [0.15, 0.2) is 140 Å². The van der Waals surface area contributed by atoms with Crippen LogP contribution in [0, 0.1) is 11.3 Å². The van der Waals surface area contributed by atoms with E-state index in [1.165, 1.54) is 33.6 Å². The molecular formula is C49H51N6O14PS2. The molecule has 72 heavy (non-hydrogen) atoms. The van der Waals surface area contributed by atoms with Gasteiger partial charge in [0.05, 0.1) is 64.9 Å². The zero-order valence-corrected chi connectivity index (χ0v) is 41.5. The molecule has 20 nitrogen and oxygen atoms in total. The van der Waals surface area contributed by atoms with Crippen molar-refractivity contribution in [3.63, 3.8) is 0 Å². The Balaban J connectivity index is 0.000000191. The standard InChI is InChI=1S/C30H30N2O6.C16H15N3O4S2.C3H6NO4P/c1-35-24-12-8-22(9-13-24)30(21-6-4-3-5-7-21,23-10-14-25(36-2)15-11-23)37-20-26-16-17-28(38-26)32-19-18-27(33)31-29(32)34;20-12-2-1-10-5-14(16(21)23-15(10)6-12)19-7-11(17-18-19)8-22-13-3-4-24-25-9-13;4-2-1-3-8-9(5,6)7/h3-15,18-19,26,28H,16-17,20H2,1-2H3,(H,31,33,34);1-2,5-7,13,20H,3-4,8-9H2;1,3H2,(H2,5,6,7)/t26-,28+;13-;/m00./s1. The Labute approximate surface area is 420 Å². The van der Waals surface area contributed by atoms with Crippen LogP contribution < -0.4 is 26.3 Å². The lowest BCUT2D eigenvalue weighted by Gasteiger charge is -2.37. The van der Waals surface area contributed by atoms with E-state index in [-0.39, 0.29) is 43.3 Å². The van der Waals surface area contributed by atoms with Gasteiger partial charge in [0.1, 0.15) is 40.4 Å². The molecule has 3 aromatic heterocycles. The summed E-state index contributed by atoms with van der Waals surface area (Å²) in [5.74, 6) is 3.61. The second-order valence-corrected chi connectivity index (χ2v) is 19.8. The molecule has 4 N–H and O–H groups in total. The number of nitrogens with one attached hydrogen (secondary N) is 1. The Morgan fingerprint density at radius 2 is 1.58 bits per heavy atom. The number of hydrogen-bond acceptors (Lipinski definition) is 17. The van der Waals surface area contributed by atoms with Crippen LogP contribution in [0.1, 0.15) is 54.3 Å². The lowest BCUT2D eigenvalue weighted by atomic mass is 9.80. The average molecular weight is 1040 g/mol. The van der Waals surface area contributed by atoms with Crippen molar-refractivity contribution >= 4 is 40.4 Å². The van der Waals surface area contributed by atoms with Crippen LogP contribution in [0.2, 0.25) is 0 Å². The topological polar surface area (TPSA) is 273 Å². The third-order valence-electron chi connectivity index (χ3n) is 11.2. The zero-order valence-electron chi connectivity index (χ0n) is 39.0. The predicted octanol–water partition coefficient (Wildman–Crippen LogP) is 7.00. The first kappa shape index (κ1) is 53.3. The van der Waals surface area contributed by atoms with Gasteiger partial charge in [-0.1, -0.05) is 81.4 Å². The van der Waals surface area contributed by atoms with Crippen molar-refractivity contribution in [1.82, 2.24) is 24.5 Å². The van der Waals surface area contributed by atoms with E-state index < -0.39 is 36.5 Å². The summed E-state index contributed by atoms with van der Waals surface area (Å²) in [6, 6.07) is 35.0. The molecule has 23 heteroatoms. The Bertz CT molecular complexity index is 3090. The van der Waals surface area contributed by atoms with E-state index in [1.807, 2.05) is 100 Å². The lowest BCUT2D eigenvalue weighted by molar-refractivity contribution is -0.0774. The van der Waals surface area contributed by atoms with Crippen molar-refractivity contribution in [2.45, 2.75) is 56.3 Å². The summed E-state index contributed by atoms with van der Waals surface area (Å²) in [7, 11) is 2.63. The number of ether oxygens (including phenoxy) is 5. The molecule has 0 radical (unpaired) electrons. The van der Waals surface area contributed by atoms with Gasteiger partial charge in [-0.2, -0.15) is 5.26 Å². The van der Waals surface area contributed by atoms with Crippen LogP contribution in [-0.2, 0) is 35.5 Å². The molecule has 0 saturated carbocycles. The summed E-state index contributed by atoms with van der Waals surface area (Å²) < 4.78 is 51.6. The number of rotatable bonds is 16. The van der Waals surface area contributed by atoms with Crippen LogP contribution in [0.5, 0.6) is 17.2 Å². The maximum atomic E-state index is 12.3. The molecule has 3 atom stereocenters. The van der Waals surface area contributed by atoms with E-state index in [0.717, 1.165) is 46.1 Å². The summed E-state index contributed by atoms with van der Waals surface area (Å²) in [6.45, 7) is 0.422. The first-order chi connectivity index (χ1) is 34.8. The maximum Gasteiger partial charge on any atom is 0.469 e. The number of nitriles is 1.